The summed E-state index contributed by atoms with van der Waals surface area (Å²) in [4.78, 5) is 4.28. The average molecular weight is 246 g/mol. The Labute approximate surface area is 105 Å². The van der Waals surface area contributed by atoms with E-state index in [-0.39, 0.29) is 5.82 Å². The Morgan fingerprint density at radius 1 is 1.22 bits per heavy atom. The second-order valence-corrected chi connectivity index (χ2v) is 4.26. The molecule has 0 saturated carbocycles. The molecule has 18 heavy (non-hydrogen) atoms. The molecule has 1 heterocycles. The first-order valence-corrected chi connectivity index (χ1v) is 5.60. The van der Waals surface area contributed by atoms with E-state index in [1.54, 1.807) is 37.6 Å². The fourth-order valence-corrected chi connectivity index (χ4v) is 1.88. The van der Waals surface area contributed by atoms with Crippen molar-refractivity contribution >= 4 is 0 Å². The third-order valence-electron chi connectivity index (χ3n) is 2.93. The molecule has 0 bridgehead atoms. The summed E-state index contributed by atoms with van der Waals surface area (Å²) in [5.74, 6) is 0.328. The van der Waals surface area contributed by atoms with E-state index >= 15 is 0 Å². The summed E-state index contributed by atoms with van der Waals surface area (Å²) in [6, 6.07) is 9.67. The summed E-state index contributed by atoms with van der Waals surface area (Å²) in [5.41, 5.74) is 6.89. The van der Waals surface area contributed by atoms with Gasteiger partial charge in [-0.1, -0.05) is 12.1 Å². The monoisotopic (exact) mass is 246 g/mol. The number of methoxy groups -OCH3 is 1. The number of pyridine rings is 1. The van der Waals surface area contributed by atoms with Crippen LogP contribution in [0.15, 0.2) is 42.6 Å². The maximum atomic E-state index is 12.9. The lowest BCUT2D eigenvalue weighted by Crippen LogP contribution is -2.35. The number of nitrogens with two attached hydrogens (primary N) is 1. The molecular formula is C14H15FN2O. The molecule has 2 N–H and O–H groups in total. The van der Waals surface area contributed by atoms with Gasteiger partial charge in [-0.2, -0.15) is 0 Å². The van der Waals surface area contributed by atoms with Crippen molar-refractivity contribution in [1.82, 2.24) is 4.98 Å². The molecule has 0 saturated heterocycles. The predicted octanol–water partition coefficient (Wildman–Crippen LogP) is 2.45. The summed E-state index contributed by atoms with van der Waals surface area (Å²) in [5, 5.41) is 0. The van der Waals surface area contributed by atoms with Crippen LogP contribution in [-0.2, 0) is 5.54 Å². The van der Waals surface area contributed by atoms with Crippen molar-refractivity contribution in [2.75, 3.05) is 7.11 Å². The molecule has 0 aliphatic heterocycles. The van der Waals surface area contributed by atoms with Crippen LogP contribution in [0.3, 0.4) is 0 Å². The van der Waals surface area contributed by atoms with Crippen LogP contribution in [0.4, 0.5) is 4.39 Å². The van der Waals surface area contributed by atoms with Crippen molar-refractivity contribution in [3.8, 4) is 5.75 Å². The molecule has 1 aromatic carbocycles. The topological polar surface area (TPSA) is 48.1 Å². The molecule has 0 aliphatic rings. The zero-order chi connectivity index (χ0) is 13.2. The van der Waals surface area contributed by atoms with Crippen LogP contribution in [0.1, 0.15) is 18.2 Å². The Balaban J connectivity index is 2.50. The van der Waals surface area contributed by atoms with E-state index in [0.29, 0.717) is 11.4 Å². The van der Waals surface area contributed by atoms with Gasteiger partial charge in [-0.15, -0.1) is 0 Å². The highest BCUT2D eigenvalue weighted by atomic mass is 19.1. The van der Waals surface area contributed by atoms with Gasteiger partial charge in [-0.25, -0.2) is 4.39 Å². The number of benzene rings is 1. The highest BCUT2D eigenvalue weighted by molar-refractivity contribution is 5.40. The van der Waals surface area contributed by atoms with Gasteiger partial charge in [0.05, 0.1) is 12.6 Å². The highest BCUT2D eigenvalue weighted by Gasteiger charge is 2.28. The lowest BCUT2D eigenvalue weighted by atomic mass is 9.89. The molecule has 94 valence electrons. The number of ether oxygens (including phenoxy) is 1. The predicted molar refractivity (Wildman–Crippen MR) is 67.8 cm³/mol. The fraction of sp³-hybridized carbons (Fsp3) is 0.214. The van der Waals surface area contributed by atoms with Crippen molar-refractivity contribution in [1.29, 1.82) is 0 Å². The maximum absolute atomic E-state index is 12.9. The Morgan fingerprint density at radius 3 is 2.50 bits per heavy atom. The third kappa shape index (κ3) is 2.19. The van der Waals surface area contributed by atoms with Gasteiger partial charge in [0.2, 0.25) is 0 Å². The standard InChI is InChI=1S/C14H15FN2O/c1-14(16,10-5-7-11(15)8-6-10)13-12(18-2)4-3-9-17-13/h3-9H,16H2,1-2H3. The normalized spacial score (nSPS) is 14.0. The van der Waals surface area contributed by atoms with Gasteiger partial charge >= 0.3 is 0 Å². The molecule has 2 aromatic rings. The zero-order valence-electron chi connectivity index (χ0n) is 10.4. The van der Waals surface area contributed by atoms with Crippen molar-refractivity contribution in [2.45, 2.75) is 12.5 Å². The SMILES string of the molecule is COc1cccnc1C(C)(N)c1ccc(F)cc1. The van der Waals surface area contributed by atoms with Gasteiger partial charge in [-0.3, -0.25) is 4.98 Å². The minimum absolute atomic E-state index is 0.289. The maximum Gasteiger partial charge on any atom is 0.142 e. The minimum atomic E-state index is -0.833. The number of rotatable bonds is 3. The fourth-order valence-electron chi connectivity index (χ4n) is 1.88. The van der Waals surface area contributed by atoms with Gasteiger partial charge in [0.25, 0.3) is 0 Å². The van der Waals surface area contributed by atoms with Crippen LogP contribution in [0, 0.1) is 5.82 Å². The highest BCUT2D eigenvalue weighted by Crippen LogP contribution is 2.31. The van der Waals surface area contributed by atoms with Crippen molar-refractivity contribution < 1.29 is 9.13 Å². The first-order valence-electron chi connectivity index (χ1n) is 5.60. The quantitative estimate of drug-likeness (QED) is 0.905. The minimum Gasteiger partial charge on any atom is -0.495 e. The van der Waals surface area contributed by atoms with Gasteiger partial charge in [0.1, 0.15) is 17.3 Å². The smallest absolute Gasteiger partial charge is 0.142 e. The Morgan fingerprint density at radius 2 is 1.89 bits per heavy atom. The van der Waals surface area contributed by atoms with E-state index in [9.17, 15) is 4.39 Å². The van der Waals surface area contributed by atoms with Crippen LogP contribution in [-0.4, -0.2) is 12.1 Å². The lowest BCUT2D eigenvalue weighted by Gasteiger charge is -2.26. The molecule has 3 nitrogen and oxygen atoms in total. The van der Waals surface area contributed by atoms with E-state index in [1.165, 1.54) is 12.1 Å². The molecule has 1 atom stereocenters. The molecule has 0 amide bonds. The molecule has 4 heteroatoms. The lowest BCUT2D eigenvalue weighted by molar-refractivity contribution is 0.393. The Kier molecular flexibility index (Phi) is 3.30. The largest absolute Gasteiger partial charge is 0.495 e. The van der Waals surface area contributed by atoms with Crippen LogP contribution in [0.25, 0.3) is 0 Å². The number of aromatic nitrogens is 1. The number of hydrogen-bond donors (Lipinski definition) is 1. The molecule has 0 spiro atoms. The molecule has 2 rings (SSSR count). The van der Waals surface area contributed by atoms with Crippen molar-refractivity contribution in [2.24, 2.45) is 5.73 Å². The van der Waals surface area contributed by atoms with Gasteiger partial charge in [0, 0.05) is 6.20 Å². The van der Waals surface area contributed by atoms with E-state index in [0.717, 1.165) is 5.56 Å². The van der Waals surface area contributed by atoms with Crippen molar-refractivity contribution in [3.63, 3.8) is 0 Å². The second-order valence-electron chi connectivity index (χ2n) is 4.26. The molecule has 0 aliphatic carbocycles. The van der Waals surface area contributed by atoms with E-state index in [4.69, 9.17) is 10.5 Å². The van der Waals surface area contributed by atoms with E-state index in [2.05, 4.69) is 4.98 Å². The Hall–Kier alpha value is -1.94. The number of hydrogen-bond acceptors (Lipinski definition) is 3. The van der Waals surface area contributed by atoms with Crippen LogP contribution in [0.2, 0.25) is 0 Å². The summed E-state index contributed by atoms with van der Waals surface area (Å²) in [7, 11) is 1.57. The van der Waals surface area contributed by atoms with E-state index < -0.39 is 5.54 Å². The molecule has 1 aromatic heterocycles. The molecule has 1 unspecified atom stereocenters. The van der Waals surface area contributed by atoms with E-state index in [1.807, 2.05) is 6.92 Å². The molecule has 0 fully saturated rings. The summed E-state index contributed by atoms with van der Waals surface area (Å²) < 4.78 is 18.2. The third-order valence-corrected chi connectivity index (χ3v) is 2.93. The number of halogens is 1. The first kappa shape index (κ1) is 12.5. The summed E-state index contributed by atoms with van der Waals surface area (Å²) >= 11 is 0. The Bertz CT molecular complexity index is 538. The average Bonchev–Trinajstić information content (AvgIpc) is 2.39. The summed E-state index contributed by atoms with van der Waals surface area (Å²) in [6.45, 7) is 1.82. The van der Waals surface area contributed by atoms with Gasteiger partial charge < -0.3 is 10.5 Å². The first-order chi connectivity index (χ1) is 8.55. The van der Waals surface area contributed by atoms with Crippen LogP contribution >= 0.6 is 0 Å². The number of nitrogens with zero attached hydrogens (tertiary/aromatic N) is 1. The van der Waals surface area contributed by atoms with Crippen molar-refractivity contribution in [3.05, 3.63) is 59.7 Å². The second kappa shape index (κ2) is 4.74. The van der Waals surface area contributed by atoms with Crippen LogP contribution < -0.4 is 10.5 Å². The molecular weight excluding hydrogens is 231 g/mol. The zero-order valence-corrected chi connectivity index (χ0v) is 10.4. The van der Waals surface area contributed by atoms with Crippen LogP contribution in [0.5, 0.6) is 5.75 Å². The van der Waals surface area contributed by atoms with Gasteiger partial charge in [-0.05, 0) is 36.8 Å². The molecule has 0 radical (unpaired) electrons. The summed E-state index contributed by atoms with van der Waals surface area (Å²) in [6.07, 6.45) is 1.66. The van der Waals surface area contributed by atoms with Gasteiger partial charge in [0.15, 0.2) is 0 Å².